The zero-order chi connectivity index (χ0) is 13.7. The number of rotatable bonds is 4. The first kappa shape index (κ1) is 14.0. The molecule has 0 atom stereocenters. The van der Waals surface area contributed by atoms with Crippen LogP contribution >= 0.6 is 0 Å². The van der Waals surface area contributed by atoms with Crippen molar-refractivity contribution in [1.82, 2.24) is 9.88 Å². The Morgan fingerprint density at radius 3 is 2.78 bits per heavy atom. The van der Waals surface area contributed by atoms with Crippen molar-refractivity contribution in [3.05, 3.63) is 29.6 Å². The zero-order valence-corrected chi connectivity index (χ0v) is 10.8. The number of aromatic nitrogens is 1. The van der Waals surface area contributed by atoms with Gasteiger partial charge in [0.25, 0.3) is 5.91 Å². The van der Waals surface area contributed by atoms with Crippen LogP contribution in [-0.4, -0.2) is 39.4 Å². The zero-order valence-electron chi connectivity index (χ0n) is 10.8. The number of hydrogen-bond donors (Lipinski definition) is 2. The number of carbonyl (C=O) groups excluding carboxylic acids is 1. The minimum atomic E-state index is -0.227. The largest absolute Gasteiger partial charge is 0.409 e. The maximum Gasteiger partial charge on any atom is 0.273 e. The smallest absolute Gasteiger partial charge is 0.273 e. The number of carbonyl (C=O) groups is 1. The Bertz CT molecular complexity index is 457. The van der Waals surface area contributed by atoms with Gasteiger partial charge in [0, 0.05) is 12.2 Å². The Kier molecular flexibility index (Phi) is 4.65. The Morgan fingerprint density at radius 1 is 1.61 bits per heavy atom. The molecular formula is C12H18N4O2. The summed E-state index contributed by atoms with van der Waals surface area (Å²) in [5, 5.41) is 11.5. The molecule has 0 aliphatic heterocycles. The molecule has 0 unspecified atom stereocenters. The van der Waals surface area contributed by atoms with Gasteiger partial charge in [-0.05, 0) is 32.4 Å². The van der Waals surface area contributed by atoms with Crippen molar-refractivity contribution < 1.29 is 10.0 Å². The van der Waals surface area contributed by atoms with Crippen LogP contribution in [0.3, 0.4) is 0 Å². The molecule has 98 valence electrons. The summed E-state index contributed by atoms with van der Waals surface area (Å²) < 4.78 is 0. The van der Waals surface area contributed by atoms with Crippen LogP contribution in [0.4, 0.5) is 0 Å². The summed E-state index contributed by atoms with van der Waals surface area (Å²) in [4.78, 5) is 17.9. The summed E-state index contributed by atoms with van der Waals surface area (Å²) in [5.41, 5.74) is 6.64. The highest BCUT2D eigenvalue weighted by Crippen LogP contribution is 2.10. The van der Waals surface area contributed by atoms with E-state index in [0.717, 1.165) is 5.56 Å². The monoisotopic (exact) mass is 250 g/mol. The molecule has 0 spiro atoms. The standard InChI is InChI=1S/C12H18N4O2/c1-8(2)16(7-10(13)15-18)12(17)11-9(3)5-4-6-14-11/h4-6,8,18H,7H2,1-3H3,(H2,13,15). The van der Waals surface area contributed by atoms with E-state index in [1.165, 1.54) is 4.90 Å². The fourth-order valence-electron chi connectivity index (χ4n) is 1.54. The molecule has 0 aromatic carbocycles. The van der Waals surface area contributed by atoms with Crippen LogP contribution in [0, 0.1) is 6.92 Å². The molecule has 6 nitrogen and oxygen atoms in total. The Hall–Kier alpha value is -2.11. The van der Waals surface area contributed by atoms with Crippen molar-refractivity contribution in [3.8, 4) is 0 Å². The van der Waals surface area contributed by atoms with E-state index in [0.29, 0.717) is 5.69 Å². The van der Waals surface area contributed by atoms with Crippen molar-refractivity contribution in [2.45, 2.75) is 26.8 Å². The summed E-state index contributed by atoms with van der Waals surface area (Å²) >= 11 is 0. The second kappa shape index (κ2) is 6.00. The number of nitrogens with zero attached hydrogens (tertiary/aromatic N) is 3. The van der Waals surface area contributed by atoms with Crippen LogP contribution < -0.4 is 5.73 Å². The van der Waals surface area contributed by atoms with Gasteiger partial charge >= 0.3 is 0 Å². The molecule has 1 amide bonds. The van der Waals surface area contributed by atoms with Crippen molar-refractivity contribution in [1.29, 1.82) is 0 Å². The first-order valence-corrected chi connectivity index (χ1v) is 5.66. The van der Waals surface area contributed by atoms with Crippen LogP contribution in [0.15, 0.2) is 23.5 Å². The molecule has 0 bridgehead atoms. The second-order valence-electron chi connectivity index (χ2n) is 4.29. The molecule has 0 aliphatic rings. The van der Waals surface area contributed by atoms with Gasteiger partial charge in [0.2, 0.25) is 0 Å². The highest BCUT2D eigenvalue weighted by atomic mass is 16.4. The molecule has 0 saturated carbocycles. The quantitative estimate of drug-likeness (QED) is 0.361. The van der Waals surface area contributed by atoms with Crippen molar-refractivity contribution in [3.63, 3.8) is 0 Å². The average molecular weight is 250 g/mol. The maximum atomic E-state index is 12.3. The van der Waals surface area contributed by atoms with Crippen LogP contribution in [-0.2, 0) is 0 Å². The number of aryl methyl sites for hydroxylation is 1. The number of amidine groups is 1. The first-order chi connectivity index (χ1) is 8.47. The predicted octanol–water partition coefficient (Wildman–Crippen LogP) is 0.987. The van der Waals surface area contributed by atoms with E-state index in [1.807, 2.05) is 26.8 Å². The minimum absolute atomic E-state index is 0.00867. The van der Waals surface area contributed by atoms with Gasteiger partial charge in [0.15, 0.2) is 5.84 Å². The van der Waals surface area contributed by atoms with E-state index in [2.05, 4.69) is 10.1 Å². The number of pyridine rings is 1. The highest BCUT2D eigenvalue weighted by Gasteiger charge is 2.22. The highest BCUT2D eigenvalue weighted by molar-refractivity contribution is 5.96. The SMILES string of the molecule is Cc1cccnc1C(=O)N(CC(N)=NO)C(C)C. The number of amides is 1. The Morgan fingerprint density at radius 2 is 2.28 bits per heavy atom. The van der Waals surface area contributed by atoms with Gasteiger partial charge in [0.05, 0.1) is 6.54 Å². The van der Waals surface area contributed by atoms with E-state index < -0.39 is 0 Å². The third-order valence-corrected chi connectivity index (χ3v) is 2.56. The van der Waals surface area contributed by atoms with Crippen molar-refractivity contribution in [2.75, 3.05) is 6.54 Å². The third-order valence-electron chi connectivity index (χ3n) is 2.56. The van der Waals surface area contributed by atoms with Crippen LogP contribution in [0.25, 0.3) is 0 Å². The van der Waals surface area contributed by atoms with Gasteiger partial charge in [-0.2, -0.15) is 0 Å². The van der Waals surface area contributed by atoms with E-state index in [1.54, 1.807) is 12.3 Å². The molecule has 1 aromatic rings. The topological polar surface area (TPSA) is 91.8 Å². The van der Waals surface area contributed by atoms with Gasteiger partial charge in [-0.3, -0.25) is 9.78 Å². The van der Waals surface area contributed by atoms with Crippen molar-refractivity contribution >= 4 is 11.7 Å². The number of nitrogens with two attached hydrogens (primary N) is 1. The van der Waals surface area contributed by atoms with Gasteiger partial charge < -0.3 is 15.8 Å². The summed E-state index contributed by atoms with van der Waals surface area (Å²) in [6.45, 7) is 5.62. The summed E-state index contributed by atoms with van der Waals surface area (Å²) in [5.74, 6) is -0.236. The molecule has 6 heteroatoms. The molecule has 0 fully saturated rings. The van der Waals surface area contributed by atoms with Crippen LogP contribution in [0.5, 0.6) is 0 Å². The fourth-order valence-corrected chi connectivity index (χ4v) is 1.54. The Balaban J connectivity index is 3.01. The van der Waals surface area contributed by atoms with E-state index in [4.69, 9.17) is 10.9 Å². The van der Waals surface area contributed by atoms with Crippen LogP contribution in [0.1, 0.15) is 29.9 Å². The van der Waals surface area contributed by atoms with Crippen molar-refractivity contribution in [2.24, 2.45) is 10.9 Å². The summed E-state index contributed by atoms with van der Waals surface area (Å²) in [6.07, 6.45) is 1.57. The average Bonchev–Trinajstić information content (AvgIpc) is 2.35. The van der Waals surface area contributed by atoms with Gasteiger partial charge in [0.1, 0.15) is 5.69 Å². The molecule has 1 heterocycles. The molecule has 0 radical (unpaired) electrons. The van der Waals surface area contributed by atoms with Crippen LogP contribution in [0.2, 0.25) is 0 Å². The molecule has 0 saturated heterocycles. The lowest BCUT2D eigenvalue weighted by Crippen LogP contribution is -2.43. The lowest BCUT2D eigenvalue weighted by atomic mass is 10.1. The molecular weight excluding hydrogens is 232 g/mol. The second-order valence-corrected chi connectivity index (χ2v) is 4.29. The Labute approximate surface area is 106 Å². The molecule has 0 aliphatic carbocycles. The maximum absolute atomic E-state index is 12.3. The van der Waals surface area contributed by atoms with Gasteiger partial charge in [-0.15, -0.1) is 0 Å². The fraction of sp³-hybridized carbons (Fsp3) is 0.417. The lowest BCUT2D eigenvalue weighted by Gasteiger charge is -2.26. The molecule has 1 aromatic heterocycles. The van der Waals surface area contributed by atoms with Gasteiger partial charge in [-0.25, -0.2) is 0 Å². The first-order valence-electron chi connectivity index (χ1n) is 5.66. The summed E-state index contributed by atoms with van der Waals surface area (Å²) in [7, 11) is 0. The molecule has 3 N–H and O–H groups in total. The van der Waals surface area contributed by atoms with E-state index in [9.17, 15) is 4.79 Å². The van der Waals surface area contributed by atoms with E-state index in [-0.39, 0.29) is 24.3 Å². The number of hydrogen-bond acceptors (Lipinski definition) is 4. The van der Waals surface area contributed by atoms with Gasteiger partial charge in [-0.1, -0.05) is 11.2 Å². The minimum Gasteiger partial charge on any atom is -0.409 e. The predicted molar refractivity (Wildman–Crippen MR) is 68.6 cm³/mol. The number of oxime groups is 1. The third kappa shape index (κ3) is 3.19. The molecule has 1 rings (SSSR count). The lowest BCUT2D eigenvalue weighted by molar-refractivity contribution is 0.0727. The van der Waals surface area contributed by atoms with E-state index >= 15 is 0 Å². The summed E-state index contributed by atoms with van der Waals surface area (Å²) in [6, 6.07) is 3.52. The molecule has 18 heavy (non-hydrogen) atoms. The normalized spacial score (nSPS) is 11.7.